The first-order valence-electron chi connectivity index (χ1n) is 9.58. The van der Waals surface area contributed by atoms with Crippen LogP contribution < -0.4 is 15.5 Å². The summed E-state index contributed by atoms with van der Waals surface area (Å²) in [6.45, 7) is 4.11. The van der Waals surface area contributed by atoms with Crippen molar-refractivity contribution in [1.29, 1.82) is 0 Å². The predicted octanol–water partition coefficient (Wildman–Crippen LogP) is 3.53. The first kappa shape index (κ1) is 20.1. The highest BCUT2D eigenvalue weighted by Gasteiger charge is 2.29. The third-order valence-corrected chi connectivity index (χ3v) is 6.66. The molecule has 0 spiro atoms. The quantitative estimate of drug-likeness (QED) is 0.776. The smallest absolute Gasteiger partial charge is 0.238 e. The largest absolute Gasteiger partial charge is 0.369 e. The minimum atomic E-state index is -0.465. The summed E-state index contributed by atoms with van der Waals surface area (Å²) >= 11 is 7.36. The number of hydrogen-bond donors (Lipinski definition) is 2. The van der Waals surface area contributed by atoms with Crippen LogP contribution in [-0.2, 0) is 9.59 Å². The second kappa shape index (κ2) is 8.65. The Hall–Kier alpha value is -2.22. The lowest BCUT2D eigenvalue weighted by Crippen LogP contribution is -2.44. The summed E-state index contributed by atoms with van der Waals surface area (Å²) in [6, 6.07) is 13.3. The Bertz CT molecular complexity index is 913. The van der Waals surface area contributed by atoms with E-state index in [0.29, 0.717) is 10.7 Å². The molecule has 0 aliphatic carbocycles. The molecule has 2 N–H and O–H groups in total. The zero-order chi connectivity index (χ0) is 20.4. The minimum Gasteiger partial charge on any atom is -0.369 e. The summed E-state index contributed by atoms with van der Waals surface area (Å²) in [6.07, 6.45) is 0.110. The maximum atomic E-state index is 12.5. The van der Waals surface area contributed by atoms with E-state index in [1.165, 1.54) is 11.8 Å². The number of thioether (sulfide) groups is 1. The van der Waals surface area contributed by atoms with Crippen molar-refractivity contribution in [2.75, 3.05) is 48.8 Å². The summed E-state index contributed by atoms with van der Waals surface area (Å²) in [7, 11) is 2.13. The second-order valence-corrected chi connectivity index (χ2v) is 9.01. The zero-order valence-corrected chi connectivity index (χ0v) is 17.7. The number of anilines is 3. The SMILES string of the molecule is CN1CCN(c2ccc(NC(=O)CC3Sc4ccc(Cl)cc4NC3=O)cc2)CC1. The Morgan fingerprint density at radius 3 is 2.62 bits per heavy atom. The van der Waals surface area contributed by atoms with Gasteiger partial charge in [0.15, 0.2) is 0 Å². The van der Waals surface area contributed by atoms with Gasteiger partial charge < -0.3 is 20.4 Å². The minimum absolute atomic E-state index is 0.110. The molecule has 1 fully saturated rings. The van der Waals surface area contributed by atoms with Gasteiger partial charge in [-0.25, -0.2) is 0 Å². The highest BCUT2D eigenvalue weighted by molar-refractivity contribution is 8.01. The number of piperazine rings is 1. The fraction of sp³-hybridized carbons (Fsp3) is 0.333. The van der Waals surface area contributed by atoms with Crippen LogP contribution in [0.5, 0.6) is 0 Å². The number of rotatable bonds is 4. The van der Waals surface area contributed by atoms with E-state index in [1.54, 1.807) is 12.1 Å². The van der Waals surface area contributed by atoms with Gasteiger partial charge >= 0.3 is 0 Å². The van der Waals surface area contributed by atoms with E-state index in [9.17, 15) is 9.59 Å². The number of nitrogens with one attached hydrogen (secondary N) is 2. The van der Waals surface area contributed by atoms with E-state index >= 15 is 0 Å². The van der Waals surface area contributed by atoms with Gasteiger partial charge in [-0.2, -0.15) is 0 Å². The van der Waals surface area contributed by atoms with E-state index in [0.717, 1.165) is 42.4 Å². The molecule has 2 aromatic carbocycles. The fourth-order valence-corrected chi connectivity index (χ4v) is 4.72. The molecule has 2 aromatic rings. The lowest BCUT2D eigenvalue weighted by molar-refractivity contribution is -0.120. The lowest BCUT2D eigenvalue weighted by atomic mass is 10.2. The van der Waals surface area contributed by atoms with Gasteiger partial charge in [-0.15, -0.1) is 11.8 Å². The Morgan fingerprint density at radius 2 is 1.90 bits per heavy atom. The Kier molecular flexibility index (Phi) is 5.99. The Balaban J connectivity index is 1.34. The number of carbonyl (C=O) groups is 2. The van der Waals surface area contributed by atoms with Crippen LogP contribution in [0, 0.1) is 0 Å². The number of likely N-dealkylation sites (N-methyl/N-ethyl adjacent to an activating group) is 1. The molecule has 8 heteroatoms. The van der Waals surface area contributed by atoms with Crippen molar-refractivity contribution < 1.29 is 9.59 Å². The molecule has 0 bridgehead atoms. The standard InChI is InChI=1S/C21H23ClN4O2S/c1-25-8-10-26(11-9-25)16-5-3-15(4-6-16)23-20(27)13-19-21(28)24-17-12-14(22)2-7-18(17)29-19/h2-7,12,19H,8-11,13H2,1H3,(H,23,27)(H,24,28). The summed E-state index contributed by atoms with van der Waals surface area (Å²) < 4.78 is 0. The van der Waals surface area contributed by atoms with E-state index < -0.39 is 5.25 Å². The van der Waals surface area contributed by atoms with Crippen molar-refractivity contribution in [1.82, 2.24) is 4.90 Å². The van der Waals surface area contributed by atoms with Crippen LogP contribution in [0.4, 0.5) is 17.1 Å². The normalized spacial score (nSPS) is 19.4. The number of carbonyl (C=O) groups excluding carboxylic acids is 2. The number of halogens is 1. The van der Waals surface area contributed by atoms with E-state index in [-0.39, 0.29) is 18.2 Å². The van der Waals surface area contributed by atoms with Crippen LogP contribution in [0.25, 0.3) is 0 Å². The van der Waals surface area contributed by atoms with Crippen LogP contribution in [-0.4, -0.2) is 55.2 Å². The van der Waals surface area contributed by atoms with Crippen molar-refractivity contribution in [2.24, 2.45) is 0 Å². The van der Waals surface area contributed by atoms with Crippen molar-refractivity contribution in [3.63, 3.8) is 0 Å². The van der Waals surface area contributed by atoms with Crippen molar-refractivity contribution in [2.45, 2.75) is 16.6 Å². The van der Waals surface area contributed by atoms with Gasteiger partial charge in [-0.05, 0) is 49.5 Å². The third-order valence-electron chi connectivity index (χ3n) is 5.15. The van der Waals surface area contributed by atoms with Crippen LogP contribution in [0.1, 0.15) is 6.42 Å². The van der Waals surface area contributed by atoms with Gasteiger partial charge in [0.05, 0.1) is 10.9 Å². The van der Waals surface area contributed by atoms with Gasteiger partial charge in [-0.3, -0.25) is 9.59 Å². The number of nitrogens with zero attached hydrogens (tertiary/aromatic N) is 2. The van der Waals surface area contributed by atoms with Crippen LogP contribution in [0.2, 0.25) is 5.02 Å². The van der Waals surface area contributed by atoms with Gasteiger partial charge in [0, 0.05) is 53.9 Å². The first-order valence-corrected chi connectivity index (χ1v) is 10.8. The molecule has 2 amide bonds. The van der Waals surface area contributed by atoms with E-state index in [1.807, 2.05) is 30.3 Å². The van der Waals surface area contributed by atoms with Gasteiger partial charge in [0.25, 0.3) is 0 Å². The zero-order valence-electron chi connectivity index (χ0n) is 16.2. The molecule has 29 heavy (non-hydrogen) atoms. The van der Waals surface area contributed by atoms with Gasteiger partial charge in [0.2, 0.25) is 11.8 Å². The summed E-state index contributed by atoms with van der Waals surface area (Å²) in [4.78, 5) is 30.4. The molecular formula is C21H23ClN4O2S. The van der Waals surface area contributed by atoms with Gasteiger partial charge in [0.1, 0.15) is 0 Å². The summed E-state index contributed by atoms with van der Waals surface area (Å²) in [5.74, 6) is -0.354. The molecule has 152 valence electrons. The Labute approximate surface area is 179 Å². The molecular weight excluding hydrogens is 408 g/mol. The molecule has 2 aliphatic rings. The average Bonchev–Trinajstić information content (AvgIpc) is 2.70. The second-order valence-electron chi connectivity index (χ2n) is 7.33. The van der Waals surface area contributed by atoms with Crippen LogP contribution in [0.3, 0.4) is 0 Å². The maximum Gasteiger partial charge on any atom is 0.238 e. The van der Waals surface area contributed by atoms with E-state index in [4.69, 9.17) is 11.6 Å². The monoisotopic (exact) mass is 430 g/mol. The number of amides is 2. The van der Waals surface area contributed by atoms with Gasteiger partial charge in [-0.1, -0.05) is 11.6 Å². The third kappa shape index (κ3) is 4.86. The van der Waals surface area contributed by atoms with Crippen molar-refractivity contribution in [3.05, 3.63) is 47.5 Å². The molecule has 0 aromatic heterocycles. The van der Waals surface area contributed by atoms with Crippen LogP contribution in [0.15, 0.2) is 47.4 Å². The molecule has 6 nitrogen and oxygen atoms in total. The highest BCUT2D eigenvalue weighted by Crippen LogP contribution is 2.38. The summed E-state index contributed by atoms with van der Waals surface area (Å²) in [5.41, 5.74) is 2.60. The molecule has 4 rings (SSSR count). The molecule has 0 saturated carbocycles. The van der Waals surface area contributed by atoms with E-state index in [2.05, 4.69) is 27.5 Å². The lowest BCUT2D eigenvalue weighted by Gasteiger charge is -2.34. The molecule has 2 aliphatic heterocycles. The van der Waals surface area contributed by atoms with Crippen molar-refractivity contribution in [3.8, 4) is 0 Å². The molecule has 0 radical (unpaired) electrons. The molecule has 2 heterocycles. The number of hydrogen-bond acceptors (Lipinski definition) is 5. The predicted molar refractivity (Wildman–Crippen MR) is 119 cm³/mol. The summed E-state index contributed by atoms with van der Waals surface area (Å²) in [5, 5.41) is 5.84. The van der Waals surface area contributed by atoms with Crippen LogP contribution >= 0.6 is 23.4 Å². The maximum absolute atomic E-state index is 12.5. The Morgan fingerprint density at radius 1 is 1.17 bits per heavy atom. The molecule has 1 saturated heterocycles. The van der Waals surface area contributed by atoms with Crippen molar-refractivity contribution >= 4 is 52.2 Å². The number of fused-ring (bicyclic) bond motifs is 1. The number of benzene rings is 2. The molecule has 1 atom stereocenters. The topological polar surface area (TPSA) is 64.7 Å². The molecule has 1 unspecified atom stereocenters. The highest BCUT2D eigenvalue weighted by atomic mass is 35.5. The fourth-order valence-electron chi connectivity index (χ4n) is 3.46. The first-order chi connectivity index (χ1) is 14.0. The average molecular weight is 431 g/mol.